The summed E-state index contributed by atoms with van der Waals surface area (Å²) in [4.78, 5) is 37.6. The molecule has 0 N–H and O–H groups in total. The highest BCUT2D eigenvalue weighted by Gasteiger charge is 2.49. The number of rotatable bonds is 8. The van der Waals surface area contributed by atoms with Crippen molar-refractivity contribution < 1.29 is 46.9 Å². The van der Waals surface area contributed by atoms with Crippen LogP contribution in [0.3, 0.4) is 0 Å². The van der Waals surface area contributed by atoms with Crippen LogP contribution in [0.15, 0.2) is 17.7 Å². The fraction of sp³-hybridized carbons (Fsp3) is 0.444. The third-order valence-electron chi connectivity index (χ3n) is 3.94. The summed E-state index contributed by atoms with van der Waals surface area (Å²) < 4.78 is 54.5. The van der Waals surface area contributed by atoms with Crippen LogP contribution in [0, 0.1) is 24.0 Å². The third kappa shape index (κ3) is 6.09. The quantitative estimate of drug-likeness (QED) is 0.202. The van der Waals surface area contributed by atoms with Gasteiger partial charge in [0.2, 0.25) is 12.9 Å². The van der Waals surface area contributed by atoms with E-state index in [-0.39, 0.29) is 25.2 Å². The van der Waals surface area contributed by atoms with Crippen molar-refractivity contribution in [2.24, 2.45) is 0 Å². The average Bonchev–Trinajstić information content (AvgIpc) is 2.63. The van der Waals surface area contributed by atoms with Gasteiger partial charge in [0.15, 0.2) is 0 Å². The van der Waals surface area contributed by atoms with Gasteiger partial charge in [-0.2, -0.15) is 13.2 Å². The molecule has 9 nitrogen and oxygen atoms in total. The molecule has 0 saturated carbocycles. The van der Waals surface area contributed by atoms with E-state index in [4.69, 9.17) is 4.74 Å². The fourth-order valence-corrected chi connectivity index (χ4v) is 2.75. The first-order valence-corrected chi connectivity index (χ1v) is 8.65. The van der Waals surface area contributed by atoms with Crippen molar-refractivity contribution in [3.05, 3.63) is 44.5 Å². The number of benzene rings is 1. The Morgan fingerprint density at radius 3 is 2.57 bits per heavy atom. The molecule has 1 aromatic rings. The van der Waals surface area contributed by atoms with Gasteiger partial charge in [-0.3, -0.25) is 4.79 Å². The van der Waals surface area contributed by atoms with Crippen LogP contribution in [-0.2, 0) is 23.9 Å². The van der Waals surface area contributed by atoms with Gasteiger partial charge in [0.25, 0.3) is 5.09 Å². The monoisotopic (exact) mass is 433 g/mol. The molecule has 0 spiro atoms. The molecule has 0 bridgehead atoms. The van der Waals surface area contributed by atoms with Crippen LogP contribution in [0.1, 0.15) is 29.5 Å². The molecule has 1 aromatic carbocycles. The Balaban J connectivity index is 2.02. The van der Waals surface area contributed by atoms with Crippen LogP contribution in [0.2, 0.25) is 0 Å². The van der Waals surface area contributed by atoms with Crippen LogP contribution in [0.4, 0.5) is 13.2 Å². The lowest BCUT2D eigenvalue weighted by molar-refractivity contribution is -0.757. The van der Waals surface area contributed by atoms with E-state index in [1.165, 1.54) is 0 Å². The molecule has 0 amide bonds. The summed E-state index contributed by atoms with van der Waals surface area (Å²) in [6.07, 6.45) is -6.68. The summed E-state index contributed by atoms with van der Waals surface area (Å²) in [7, 11) is 0. The van der Waals surface area contributed by atoms with Crippen molar-refractivity contribution in [3.63, 3.8) is 0 Å². The zero-order valence-electron chi connectivity index (χ0n) is 16.0. The number of carbonyl (C=O) groups is 2. The number of nitrogens with zero attached hydrogens (tertiary/aromatic N) is 1. The van der Waals surface area contributed by atoms with E-state index in [1.54, 1.807) is 26.0 Å². The topological polar surface area (TPSA) is 114 Å². The van der Waals surface area contributed by atoms with Crippen molar-refractivity contribution >= 4 is 18.0 Å². The van der Waals surface area contributed by atoms with Gasteiger partial charge in [0, 0.05) is 12.0 Å². The van der Waals surface area contributed by atoms with Gasteiger partial charge in [-0.05, 0) is 38.0 Å². The number of esters is 2. The molecule has 0 aromatic heterocycles. The SMILES string of the molecule is Cc1cc(C)c2c(c1)C=C(C(=O)OCOC(=O)CCCO[N+](=O)[O-])[C@@H](C(F)(F)F)O2. The minimum absolute atomic E-state index is 0.0165. The van der Waals surface area contributed by atoms with E-state index in [9.17, 15) is 32.9 Å². The number of aryl methyl sites for hydroxylation is 2. The first-order valence-electron chi connectivity index (χ1n) is 8.65. The molecule has 2 rings (SSSR count). The normalized spacial score (nSPS) is 15.4. The second-order valence-corrected chi connectivity index (χ2v) is 6.37. The predicted molar refractivity (Wildman–Crippen MR) is 93.6 cm³/mol. The highest BCUT2D eigenvalue weighted by Crippen LogP contribution is 2.39. The van der Waals surface area contributed by atoms with E-state index < -0.39 is 41.7 Å². The van der Waals surface area contributed by atoms with Crippen molar-refractivity contribution in [1.82, 2.24) is 0 Å². The standard InChI is InChI=1S/C18H18F3NO8/c1-10-6-11(2)15-12(7-10)8-13(16(30-15)18(19,20)21)17(24)28-9-27-14(23)4-3-5-29-22(25)26/h6-8,16H,3-5,9H2,1-2H3/t16-/m0/s1. The lowest BCUT2D eigenvalue weighted by atomic mass is 9.97. The van der Waals surface area contributed by atoms with Crippen LogP contribution in [0.5, 0.6) is 5.75 Å². The Labute approximate surface area is 168 Å². The van der Waals surface area contributed by atoms with E-state index in [0.717, 1.165) is 11.6 Å². The van der Waals surface area contributed by atoms with E-state index in [0.29, 0.717) is 11.1 Å². The van der Waals surface area contributed by atoms with Gasteiger partial charge in [-0.1, -0.05) is 11.6 Å². The minimum atomic E-state index is -4.88. The number of fused-ring (bicyclic) bond motifs is 1. The van der Waals surface area contributed by atoms with E-state index in [1.807, 2.05) is 0 Å². The maximum Gasteiger partial charge on any atom is 0.430 e. The van der Waals surface area contributed by atoms with Crippen molar-refractivity contribution in [2.45, 2.75) is 39.0 Å². The number of halogens is 3. The lowest BCUT2D eigenvalue weighted by Crippen LogP contribution is -2.41. The van der Waals surface area contributed by atoms with Gasteiger partial charge in [0.1, 0.15) is 5.75 Å². The summed E-state index contributed by atoms with van der Waals surface area (Å²) in [6, 6.07) is 3.22. The molecule has 1 atom stereocenters. The molecule has 1 heterocycles. The summed E-state index contributed by atoms with van der Waals surface area (Å²) in [5.41, 5.74) is 0.760. The van der Waals surface area contributed by atoms with E-state index in [2.05, 4.69) is 14.3 Å². The molecule has 30 heavy (non-hydrogen) atoms. The zero-order chi connectivity index (χ0) is 22.5. The van der Waals surface area contributed by atoms with Crippen LogP contribution >= 0.6 is 0 Å². The maximum absolute atomic E-state index is 13.4. The predicted octanol–water partition coefficient (Wildman–Crippen LogP) is 3.04. The van der Waals surface area contributed by atoms with Crippen LogP contribution in [-0.4, -0.2) is 42.7 Å². The molecule has 1 aliphatic heterocycles. The molecule has 0 fully saturated rings. The lowest BCUT2D eigenvalue weighted by Gasteiger charge is -2.29. The number of carbonyl (C=O) groups excluding carboxylic acids is 2. The van der Waals surface area contributed by atoms with Gasteiger partial charge in [0.05, 0.1) is 12.2 Å². The summed E-state index contributed by atoms with van der Waals surface area (Å²) in [5.74, 6) is -2.21. The molecular formula is C18H18F3NO8. The van der Waals surface area contributed by atoms with Gasteiger partial charge in [-0.25, -0.2) is 4.79 Å². The molecule has 1 aliphatic rings. The molecule has 12 heteroatoms. The van der Waals surface area contributed by atoms with Crippen molar-refractivity contribution in [1.29, 1.82) is 0 Å². The Hall–Kier alpha value is -3.31. The number of hydrogen-bond donors (Lipinski definition) is 0. The van der Waals surface area contributed by atoms with E-state index >= 15 is 0 Å². The minimum Gasteiger partial charge on any atom is -0.475 e. The Morgan fingerprint density at radius 1 is 1.23 bits per heavy atom. The van der Waals surface area contributed by atoms with Crippen molar-refractivity contribution in [3.8, 4) is 5.75 Å². The second-order valence-electron chi connectivity index (χ2n) is 6.37. The number of hydrogen-bond acceptors (Lipinski definition) is 8. The van der Waals surface area contributed by atoms with Gasteiger partial charge in [-0.15, -0.1) is 10.1 Å². The second kappa shape index (κ2) is 9.46. The molecule has 164 valence electrons. The van der Waals surface area contributed by atoms with Crippen molar-refractivity contribution in [2.75, 3.05) is 13.4 Å². The van der Waals surface area contributed by atoms with Gasteiger partial charge >= 0.3 is 18.1 Å². The van der Waals surface area contributed by atoms with Crippen LogP contribution in [0.25, 0.3) is 6.08 Å². The highest BCUT2D eigenvalue weighted by atomic mass is 19.4. The Bertz CT molecular complexity index is 866. The molecular weight excluding hydrogens is 415 g/mol. The molecule has 0 unspecified atom stereocenters. The van der Waals surface area contributed by atoms with Crippen LogP contribution < -0.4 is 4.74 Å². The zero-order valence-corrected chi connectivity index (χ0v) is 16.0. The molecule has 0 aliphatic carbocycles. The largest absolute Gasteiger partial charge is 0.475 e. The summed E-state index contributed by atoms with van der Waals surface area (Å²) in [5, 5.41) is 8.94. The highest BCUT2D eigenvalue weighted by molar-refractivity contribution is 5.96. The number of alkyl halides is 3. The smallest absolute Gasteiger partial charge is 0.430 e. The maximum atomic E-state index is 13.4. The Morgan fingerprint density at radius 2 is 1.93 bits per heavy atom. The Kier molecular flexibility index (Phi) is 7.24. The first-order chi connectivity index (χ1) is 14.0. The fourth-order valence-electron chi connectivity index (χ4n) is 2.75. The molecule has 0 saturated heterocycles. The summed E-state index contributed by atoms with van der Waals surface area (Å²) >= 11 is 0. The number of ether oxygens (including phenoxy) is 3. The van der Waals surface area contributed by atoms with Gasteiger partial charge < -0.3 is 19.0 Å². The molecule has 0 radical (unpaired) electrons. The first kappa shape index (κ1) is 23.0. The third-order valence-corrected chi connectivity index (χ3v) is 3.94. The summed E-state index contributed by atoms with van der Waals surface area (Å²) in [6.45, 7) is 2.07. The average molecular weight is 433 g/mol.